The van der Waals surface area contributed by atoms with Crippen LogP contribution in [0, 0.1) is 0 Å². The van der Waals surface area contributed by atoms with Crippen molar-refractivity contribution in [2.24, 2.45) is 0 Å². The van der Waals surface area contributed by atoms with Crippen LogP contribution in [0.15, 0.2) is 0 Å². The summed E-state index contributed by atoms with van der Waals surface area (Å²) in [7, 11) is -3.60. The SMILES string of the molecule is CCC(C)[NH+]1CCC(=O)CC1.COS(=O)(=O)[O-]. The number of likely N-dealkylation sites (tertiary alicyclic amines) is 1. The summed E-state index contributed by atoms with van der Waals surface area (Å²) in [5.74, 6) is 0.456. The van der Waals surface area contributed by atoms with Crippen molar-refractivity contribution in [3.63, 3.8) is 0 Å². The van der Waals surface area contributed by atoms with E-state index >= 15 is 0 Å². The Bertz CT molecular complexity index is 318. The minimum Gasteiger partial charge on any atom is -0.726 e. The van der Waals surface area contributed by atoms with E-state index in [1.165, 1.54) is 6.42 Å². The fourth-order valence-electron chi connectivity index (χ4n) is 1.63. The molecule has 0 aromatic rings. The fraction of sp³-hybridized carbons (Fsp3) is 0.900. The molecule has 1 unspecified atom stereocenters. The molecule has 0 saturated carbocycles. The molecule has 1 atom stereocenters. The zero-order chi connectivity index (χ0) is 13.5. The number of hydrogen-bond donors (Lipinski definition) is 1. The Hall–Kier alpha value is -0.500. The van der Waals surface area contributed by atoms with Crippen LogP contribution in [0.1, 0.15) is 33.1 Å². The Morgan fingerprint density at radius 1 is 1.41 bits per heavy atom. The van der Waals surface area contributed by atoms with E-state index in [9.17, 15) is 17.8 Å². The molecule has 1 aliphatic heterocycles. The highest BCUT2D eigenvalue weighted by molar-refractivity contribution is 7.80. The summed E-state index contributed by atoms with van der Waals surface area (Å²) in [6.07, 6.45) is 2.84. The van der Waals surface area contributed by atoms with E-state index in [1.807, 2.05) is 0 Å². The van der Waals surface area contributed by atoms with Crippen molar-refractivity contribution in [3.8, 4) is 0 Å². The van der Waals surface area contributed by atoms with Crippen LogP contribution >= 0.6 is 0 Å². The highest BCUT2D eigenvalue weighted by Crippen LogP contribution is 1.93. The van der Waals surface area contributed by atoms with Crippen molar-refractivity contribution in [3.05, 3.63) is 0 Å². The van der Waals surface area contributed by atoms with Crippen LogP contribution in [0.25, 0.3) is 0 Å². The number of carbonyl (C=O) groups is 1. The summed E-state index contributed by atoms with van der Waals surface area (Å²) in [6.45, 7) is 6.61. The van der Waals surface area contributed by atoms with Crippen LogP contribution in [0.5, 0.6) is 0 Å². The standard InChI is InChI=1S/C9H17NO.CH4O4S/c1-3-8(2)10-6-4-9(11)5-7-10;1-5-6(2,3)4/h8H,3-7H2,1-2H3;1H3,(H,2,3,4). The van der Waals surface area contributed by atoms with Crippen molar-refractivity contribution in [1.29, 1.82) is 0 Å². The second kappa shape index (κ2) is 7.75. The average Bonchev–Trinajstić information content (AvgIpc) is 2.29. The van der Waals surface area contributed by atoms with Crippen molar-refractivity contribution in [1.82, 2.24) is 0 Å². The molecule has 0 radical (unpaired) electrons. The van der Waals surface area contributed by atoms with Crippen LogP contribution in [-0.2, 0) is 19.4 Å². The van der Waals surface area contributed by atoms with Crippen molar-refractivity contribution in [2.45, 2.75) is 39.2 Å². The first kappa shape index (κ1) is 16.5. The van der Waals surface area contributed by atoms with E-state index in [0.29, 0.717) is 5.78 Å². The third kappa shape index (κ3) is 8.25. The molecule has 1 N–H and O–H groups in total. The smallest absolute Gasteiger partial charge is 0.217 e. The van der Waals surface area contributed by atoms with Crippen LogP contribution in [0.4, 0.5) is 0 Å². The van der Waals surface area contributed by atoms with Gasteiger partial charge in [-0.05, 0) is 13.3 Å². The van der Waals surface area contributed by atoms with Gasteiger partial charge < -0.3 is 9.45 Å². The van der Waals surface area contributed by atoms with E-state index < -0.39 is 10.4 Å². The van der Waals surface area contributed by atoms with E-state index in [2.05, 4.69) is 18.0 Å². The van der Waals surface area contributed by atoms with Crippen LogP contribution in [0.2, 0.25) is 0 Å². The molecule has 1 rings (SSSR count). The minimum absolute atomic E-state index is 0.456. The lowest BCUT2D eigenvalue weighted by molar-refractivity contribution is -0.924. The first-order chi connectivity index (χ1) is 7.80. The predicted molar refractivity (Wildman–Crippen MR) is 61.4 cm³/mol. The first-order valence-electron chi connectivity index (χ1n) is 5.67. The molecular weight excluding hydrogens is 246 g/mol. The van der Waals surface area contributed by atoms with Crippen LogP contribution in [0.3, 0.4) is 0 Å². The van der Waals surface area contributed by atoms with Gasteiger partial charge in [0, 0.05) is 0 Å². The van der Waals surface area contributed by atoms with Crippen molar-refractivity contribution in [2.75, 3.05) is 20.2 Å². The molecule has 0 aromatic heterocycles. The summed E-state index contributed by atoms with van der Waals surface area (Å²) in [6, 6.07) is 0.739. The number of quaternary nitrogens is 1. The zero-order valence-corrected chi connectivity index (χ0v) is 11.4. The van der Waals surface area contributed by atoms with E-state index in [1.54, 1.807) is 4.90 Å². The summed E-state index contributed by atoms with van der Waals surface area (Å²) in [4.78, 5) is 12.5. The lowest BCUT2D eigenvalue weighted by atomic mass is 10.1. The summed E-state index contributed by atoms with van der Waals surface area (Å²) >= 11 is 0. The van der Waals surface area contributed by atoms with Gasteiger partial charge in [-0.2, -0.15) is 0 Å². The van der Waals surface area contributed by atoms with E-state index in [-0.39, 0.29) is 0 Å². The van der Waals surface area contributed by atoms with Gasteiger partial charge in [-0.15, -0.1) is 0 Å². The maximum atomic E-state index is 10.9. The number of piperidine rings is 1. The summed E-state index contributed by atoms with van der Waals surface area (Å²) in [5.41, 5.74) is 0. The van der Waals surface area contributed by atoms with E-state index in [0.717, 1.165) is 39.1 Å². The van der Waals surface area contributed by atoms with Gasteiger partial charge in [0.2, 0.25) is 10.4 Å². The Balaban J connectivity index is 0.000000366. The summed E-state index contributed by atoms with van der Waals surface area (Å²) in [5, 5.41) is 0. The molecule has 17 heavy (non-hydrogen) atoms. The molecule has 0 spiro atoms. The highest BCUT2D eigenvalue weighted by Gasteiger charge is 2.22. The average molecular weight is 267 g/mol. The molecule has 0 bridgehead atoms. The second-order valence-electron chi connectivity index (χ2n) is 4.08. The van der Waals surface area contributed by atoms with Gasteiger partial charge in [0.1, 0.15) is 5.78 Å². The van der Waals surface area contributed by atoms with Gasteiger partial charge in [-0.25, -0.2) is 8.42 Å². The lowest BCUT2D eigenvalue weighted by Gasteiger charge is -2.27. The van der Waals surface area contributed by atoms with Gasteiger partial charge in [-0.3, -0.25) is 8.98 Å². The number of hydrogen-bond acceptors (Lipinski definition) is 5. The number of ketones is 1. The number of Topliss-reactive ketones (excluding diaryl/α,β-unsaturated/α-hetero) is 1. The molecule has 1 heterocycles. The minimum atomic E-state index is -4.41. The molecule has 102 valence electrons. The number of rotatable bonds is 3. The third-order valence-corrected chi connectivity index (χ3v) is 3.37. The normalized spacial score (nSPS) is 19.4. The third-order valence-electron chi connectivity index (χ3n) is 2.96. The molecule has 1 fully saturated rings. The maximum Gasteiger partial charge on any atom is 0.217 e. The van der Waals surface area contributed by atoms with Gasteiger partial charge in [0.15, 0.2) is 0 Å². The van der Waals surface area contributed by atoms with Crippen molar-refractivity contribution < 1.29 is 26.8 Å². The second-order valence-corrected chi connectivity index (χ2v) is 5.23. The number of nitrogens with one attached hydrogen (secondary N) is 1. The molecule has 1 saturated heterocycles. The fourth-order valence-corrected chi connectivity index (χ4v) is 1.63. The highest BCUT2D eigenvalue weighted by atomic mass is 32.3. The monoisotopic (exact) mass is 267 g/mol. The van der Waals surface area contributed by atoms with Gasteiger partial charge >= 0.3 is 0 Å². The summed E-state index contributed by atoms with van der Waals surface area (Å²) < 4.78 is 31.0. The first-order valence-corrected chi connectivity index (χ1v) is 7.01. The van der Waals surface area contributed by atoms with Crippen LogP contribution in [-0.4, -0.2) is 45.0 Å². The topological polar surface area (TPSA) is 87.9 Å². The quantitative estimate of drug-likeness (QED) is 0.530. The zero-order valence-electron chi connectivity index (χ0n) is 10.6. The Morgan fingerprint density at radius 2 is 1.82 bits per heavy atom. The Morgan fingerprint density at radius 3 is 2.12 bits per heavy atom. The number of carbonyl (C=O) groups excluding carboxylic acids is 1. The maximum absolute atomic E-state index is 10.9. The Labute approximate surface area is 103 Å². The molecule has 0 aliphatic carbocycles. The molecule has 1 aliphatic rings. The molecule has 0 aromatic carbocycles. The van der Waals surface area contributed by atoms with Gasteiger partial charge in [0.25, 0.3) is 0 Å². The van der Waals surface area contributed by atoms with Crippen molar-refractivity contribution >= 4 is 16.2 Å². The Kier molecular flexibility index (Phi) is 7.53. The lowest BCUT2D eigenvalue weighted by Crippen LogP contribution is -3.16. The van der Waals surface area contributed by atoms with Gasteiger partial charge in [0.05, 0.1) is 39.1 Å². The van der Waals surface area contributed by atoms with Gasteiger partial charge in [-0.1, -0.05) is 6.92 Å². The van der Waals surface area contributed by atoms with E-state index in [4.69, 9.17) is 0 Å². The largest absolute Gasteiger partial charge is 0.726 e. The molecule has 7 heteroatoms. The predicted octanol–water partition coefficient (Wildman–Crippen LogP) is -0.874. The molecule has 0 amide bonds. The molecular formula is C10H21NO5S. The molecule has 6 nitrogen and oxygen atoms in total. The van der Waals surface area contributed by atoms with Crippen LogP contribution < -0.4 is 4.90 Å².